The van der Waals surface area contributed by atoms with Crippen molar-refractivity contribution in [2.24, 2.45) is 5.41 Å². The van der Waals surface area contributed by atoms with Gasteiger partial charge in [-0.25, -0.2) is 15.2 Å². The second-order valence-electron chi connectivity index (χ2n) is 14.8. The van der Waals surface area contributed by atoms with Gasteiger partial charge in [-0.05, 0) is 77.0 Å². The number of hydrogen-bond acceptors (Lipinski definition) is 11. The van der Waals surface area contributed by atoms with E-state index in [1.807, 2.05) is 37.4 Å². The Morgan fingerprint density at radius 3 is 2.81 bits per heavy atom. The molecule has 0 radical (unpaired) electrons. The summed E-state index contributed by atoms with van der Waals surface area (Å²) in [4.78, 5) is 52.2. The number of methoxy groups -OCH3 is 1. The van der Waals surface area contributed by atoms with Crippen LogP contribution in [0.5, 0.6) is 0 Å². The summed E-state index contributed by atoms with van der Waals surface area (Å²) in [6.07, 6.45) is 2.75. The smallest absolute Gasteiger partial charge is 0.407 e. The van der Waals surface area contributed by atoms with Crippen molar-refractivity contribution >= 4 is 40.2 Å². The lowest BCUT2D eigenvalue weighted by molar-refractivity contribution is -0.155. The zero-order chi connectivity index (χ0) is 37.9. The van der Waals surface area contributed by atoms with Crippen LogP contribution in [0.15, 0.2) is 41.9 Å². The van der Waals surface area contributed by atoms with Gasteiger partial charge in [0.1, 0.15) is 18.7 Å². The van der Waals surface area contributed by atoms with Gasteiger partial charge in [0.2, 0.25) is 0 Å². The molecule has 2 aliphatic heterocycles. The van der Waals surface area contributed by atoms with Gasteiger partial charge in [-0.1, -0.05) is 19.9 Å². The van der Waals surface area contributed by atoms with Gasteiger partial charge < -0.3 is 29.0 Å². The summed E-state index contributed by atoms with van der Waals surface area (Å²) in [5.41, 5.74) is 9.47. The highest BCUT2D eigenvalue weighted by atomic mass is 32.1. The fourth-order valence-electron chi connectivity index (χ4n) is 7.07. The number of benzene rings is 1. The number of nitrogens with one attached hydrogen (secondary N) is 2. The van der Waals surface area contributed by atoms with Crippen LogP contribution in [-0.2, 0) is 43.2 Å². The molecule has 1 aromatic carbocycles. The number of fused-ring (bicyclic) bond motifs is 6. The highest BCUT2D eigenvalue weighted by molar-refractivity contribution is 7.10. The number of aryl methyl sites for hydroxylation is 1. The quantitative estimate of drug-likeness (QED) is 0.226. The number of carbonyl (C=O) groups is 3. The molecule has 53 heavy (non-hydrogen) atoms. The van der Waals surface area contributed by atoms with Gasteiger partial charge in [-0.2, -0.15) is 0 Å². The number of ether oxygens (including phenoxy) is 3. The van der Waals surface area contributed by atoms with E-state index >= 15 is 0 Å². The Bertz CT molecular complexity index is 1960. The first-order valence-corrected chi connectivity index (χ1v) is 19.2. The largest absolute Gasteiger partial charge is 0.464 e. The van der Waals surface area contributed by atoms with Crippen LogP contribution in [0.4, 0.5) is 4.79 Å². The molecule has 2 amide bonds. The topological polar surface area (TPSA) is 140 Å². The molecule has 2 aliphatic rings. The number of nitrogens with zero attached hydrogens (tertiary/aromatic N) is 5. The second kappa shape index (κ2) is 16.3. The fourth-order valence-corrected chi connectivity index (χ4v) is 7.92. The normalized spacial score (nSPS) is 19.9. The van der Waals surface area contributed by atoms with Crippen molar-refractivity contribution < 1.29 is 28.6 Å². The molecular formula is C39H51N7O6S. The Balaban J connectivity index is 1.46. The first-order valence-electron chi connectivity index (χ1n) is 18.3. The van der Waals surface area contributed by atoms with Crippen LogP contribution in [0.25, 0.3) is 33.4 Å². The minimum atomic E-state index is -0.973. The lowest BCUT2D eigenvalue weighted by Crippen LogP contribution is -2.60. The fraction of sp³-hybridized carbons (Fsp3) is 0.513. The number of aromatic nitrogens is 3. The summed E-state index contributed by atoms with van der Waals surface area (Å²) in [6, 6.07) is 8.77. The van der Waals surface area contributed by atoms with Crippen LogP contribution in [-0.4, -0.2) is 102 Å². The first-order chi connectivity index (χ1) is 25.4. The van der Waals surface area contributed by atoms with Crippen LogP contribution in [0, 0.1) is 5.41 Å². The number of likely N-dealkylation sites (N-methyl/N-ethyl adjacent to an activating group) is 1. The van der Waals surface area contributed by atoms with Crippen LogP contribution in [0.2, 0.25) is 0 Å². The molecule has 1 saturated heterocycles. The van der Waals surface area contributed by atoms with E-state index in [2.05, 4.69) is 60.3 Å². The van der Waals surface area contributed by atoms with Gasteiger partial charge in [0.25, 0.3) is 5.91 Å². The number of carbonyl (C=O) groups excluding carboxylic acids is 3. The molecule has 3 aromatic heterocycles. The number of thiazole rings is 1. The Hall–Kier alpha value is -4.37. The molecule has 2 N–H and O–H groups in total. The van der Waals surface area contributed by atoms with Crippen LogP contribution >= 0.6 is 11.3 Å². The number of rotatable bonds is 8. The summed E-state index contributed by atoms with van der Waals surface area (Å²) in [6.45, 7) is 10.3. The summed E-state index contributed by atoms with van der Waals surface area (Å²) < 4.78 is 19.5. The number of amides is 2. The molecule has 0 spiro atoms. The summed E-state index contributed by atoms with van der Waals surface area (Å²) in [5, 5.41) is 7.95. The Kier molecular flexibility index (Phi) is 11.8. The van der Waals surface area contributed by atoms with Gasteiger partial charge in [0.05, 0.1) is 34.8 Å². The van der Waals surface area contributed by atoms with Crippen LogP contribution < -0.4 is 10.7 Å². The summed E-state index contributed by atoms with van der Waals surface area (Å²) in [5.74, 6) is -0.793. The monoisotopic (exact) mass is 745 g/mol. The number of pyridine rings is 1. The van der Waals surface area contributed by atoms with Gasteiger partial charge in [-0.15, -0.1) is 11.3 Å². The molecule has 6 rings (SSSR count). The molecule has 3 atom stereocenters. The highest BCUT2D eigenvalue weighted by Crippen LogP contribution is 2.42. The van der Waals surface area contributed by atoms with Crippen molar-refractivity contribution in [3.05, 3.63) is 58.2 Å². The van der Waals surface area contributed by atoms with Gasteiger partial charge >= 0.3 is 12.1 Å². The van der Waals surface area contributed by atoms with Crippen molar-refractivity contribution in [3.8, 4) is 22.5 Å². The van der Waals surface area contributed by atoms with E-state index in [4.69, 9.17) is 24.2 Å². The molecule has 1 fully saturated rings. The van der Waals surface area contributed by atoms with E-state index in [9.17, 15) is 14.4 Å². The third kappa shape index (κ3) is 8.56. The average molecular weight is 746 g/mol. The minimum absolute atomic E-state index is 0.152. The van der Waals surface area contributed by atoms with E-state index in [1.54, 1.807) is 13.3 Å². The number of hydrogen-bond donors (Lipinski definition) is 2. The first kappa shape index (κ1) is 38.4. The van der Waals surface area contributed by atoms with Crippen molar-refractivity contribution in [1.29, 1.82) is 0 Å². The third-order valence-electron chi connectivity index (χ3n) is 9.90. The molecule has 0 aliphatic carbocycles. The maximum absolute atomic E-state index is 14.0. The standard InChI is InChI=1S/C39H51N7O6S/c1-8-45-32-14-13-25-19-27(32)28(35(45)26-11-9-15-40-34(26)24(2)50-7)21-39(3,4)23-52-37(48)29-12-10-16-46(43-29)36(47)30(20-33-41-31(25)22-53-33)42-38(49)51-18-17-44(5)6/h9,11,13-15,19,22,24,29-30,43H,8,10,12,16-18,20-21,23H2,1-7H3,(H,42,49)/t24-,29-,30-/m0/s1. The molecular weight excluding hydrogens is 695 g/mol. The SMILES string of the molecule is CCn1c(-c2cccnc2[C@H](C)OC)c2c3cc(ccc31)-c1csc(n1)C[C@H](NC(=O)OCCN(C)C)C(=O)N1CCC[C@H](N1)C(=O)OCC(C)(C)C2. The van der Waals surface area contributed by atoms with Crippen molar-refractivity contribution in [2.45, 2.75) is 78.1 Å². The van der Waals surface area contributed by atoms with E-state index in [-0.39, 0.29) is 31.6 Å². The zero-order valence-electron chi connectivity index (χ0n) is 31.7. The van der Waals surface area contributed by atoms with E-state index in [1.165, 1.54) is 16.3 Å². The van der Waals surface area contributed by atoms with Crippen LogP contribution in [0.1, 0.15) is 62.9 Å². The van der Waals surface area contributed by atoms with Crippen molar-refractivity contribution in [1.82, 2.24) is 35.2 Å². The van der Waals surface area contributed by atoms with Gasteiger partial charge in [0, 0.05) is 72.2 Å². The molecule has 4 aromatic rings. The summed E-state index contributed by atoms with van der Waals surface area (Å²) in [7, 11) is 5.46. The molecule has 6 bridgehead atoms. The van der Waals surface area contributed by atoms with Gasteiger partial charge in [0.15, 0.2) is 0 Å². The van der Waals surface area contributed by atoms with E-state index < -0.39 is 29.6 Å². The highest BCUT2D eigenvalue weighted by Gasteiger charge is 2.36. The van der Waals surface area contributed by atoms with E-state index in [0.29, 0.717) is 37.4 Å². The number of alkyl carbamates (subject to hydrolysis) is 1. The van der Waals surface area contributed by atoms with Crippen molar-refractivity contribution in [2.75, 3.05) is 47.5 Å². The molecule has 14 heteroatoms. The summed E-state index contributed by atoms with van der Waals surface area (Å²) >= 11 is 1.44. The second-order valence-corrected chi connectivity index (χ2v) is 15.8. The number of esters is 1. The Morgan fingerprint density at radius 2 is 2.06 bits per heavy atom. The number of cyclic esters (lactones) is 1. The molecule has 0 saturated carbocycles. The minimum Gasteiger partial charge on any atom is -0.464 e. The third-order valence-corrected chi connectivity index (χ3v) is 10.8. The Morgan fingerprint density at radius 1 is 1.25 bits per heavy atom. The molecule has 284 valence electrons. The lowest BCUT2D eigenvalue weighted by atomic mass is 9.84. The Labute approximate surface area is 315 Å². The van der Waals surface area contributed by atoms with Crippen LogP contribution in [0.3, 0.4) is 0 Å². The average Bonchev–Trinajstić information content (AvgIpc) is 3.74. The van der Waals surface area contributed by atoms with E-state index in [0.717, 1.165) is 51.2 Å². The maximum atomic E-state index is 14.0. The molecule has 5 heterocycles. The predicted octanol–water partition coefficient (Wildman–Crippen LogP) is 5.37. The van der Waals surface area contributed by atoms with Crippen molar-refractivity contribution in [3.63, 3.8) is 0 Å². The molecule has 13 nitrogen and oxygen atoms in total. The molecule has 0 unspecified atom stereocenters. The number of hydrazine groups is 1. The van der Waals surface area contributed by atoms with Gasteiger partial charge in [-0.3, -0.25) is 19.6 Å². The zero-order valence-corrected chi connectivity index (χ0v) is 32.5. The lowest BCUT2D eigenvalue weighted by Gasteiger charge is -2.35. The maximum Gasteiger partial charge on any atom is 0.407 e. The predicted molar refractivity (Wildman–Crippen MR) is 204 cm³/mol.